The van der Waals surface area contributed by atoms with E-state index >= 15 is 0 Å². The number of hydrogen-bond donors (Lipinski definition) is 0. The van der Waals surface area contributed by atoms with Gasteiger partial charge in [0.15, 0.2) is 0 Å². The van der Waals surface area contributed by atoms with Crippen LogP contribution in [0.4, 0.5) is 0 Å². The van der Waals surface area contributed by atoms with Crippen molar-refractivity contribution in [3.8, 4) is 5.95 Å². The summed E-state index contributed by atoms with van der Waals surface area (Å²) < 4.78 is 1.84. The van der Waals surface area contributed by atoms with Crippen LogP contribution in [-0.2, 0) is 12.8 Å². The van der Waals surface area contributed by atoms with Crippen LogP contribution in [0.15, 0.2) is 12.4 Å². The lowest BCUT2D eigenvalue weighted by Gasteiger charge is -2.06. The molecule has 0 radical (unpaired) electrons. The lowest BCUT2D eigenvalue weighted by Crippen LogP contribution is -2.09. The number of rotatable bonds is 3. The summed E-state index contributed by atoms with van der Waals surface area (Å²) in [5.41, 5.74) is 1.99. The first-order chi connectivity index (χ1) is 7.76. The van der Waals surface area contributed by atoms with Gasteiger partial charge in [-0.1, -0.05) is 13.8 Å². The van der Waals surface area contributed by atoms with Gasteiger partial charge in [0.05, 0.1) is 11.4 Å². The van der Waals surface area contributed by atoms with Gasteiger partial charge >= 0.3 is 0 Å². The highest BCUT2D eigenvalue weighted by Crippen LogP contribution is 2.08. The minimum absolute atomic E-state index is 0.601. The Hall–Kier alpha value is -1.78. The molecule has 2 aromatic rings. The zero-order chi connectivity index (χ0) is 11.5. The first-order valence-corrected chi connectivity index (χ1v) is 5.49. The fourth-order valence-corrected chi connectivity index (χ4v) is 1.62. The van der Waals surface area contributed by atoms with Gasteiger partial charge in [-0.2, -0.15) is 0 Å². The Morgan fingerprint density at radius 3 is 2.44 bits per heavy atom. The smallest absolute Gasteiger partial charge is 0.255 e. The molecule has 0 N–H and O–H groups in total. The molecule has 0 saturated carbocycles. The third kappa shape index (κ3) is 1.80. The number of nitrogens with zero attached hydrogens (tertiary/aromatic N) is 5. The van der Waals surface area contributed by atoms with Crippen LogP contribution < -0.4 is 0 Å². The summed E-state index contributed by atoms with van der Waals surface area (Å²) >= 11 is 0. The van der Waals surface area contributed by atoms with E-state index in [0.717, 1.165) is 30.1 Å². The average Bonchev–Trinajstić information content (AvgIpc) is 2.74. The Labute approximate surface area is 94.6 Å². The van der Waals surface area contributed by atoms with E-state index in [1.54, 1.807) is 6.20 Å². The highest BCUT2D eigenvalue weighted by Gasteiger charge is 2.08. The van der Waals surface area contributed by atoms with Crippen molar-refractivity contribution >= 4 is 0 Å². The Kier molecular flexibility index (Phi) is 2.94. The van der Waals surface area contributed by atoms with Crippen LogP contribution in [0.1, 0.15) is 31.1 Å². The van der Waals surface area contributed by atoms with E-state index in [4.69, 9.17) is 0 Å². The molecule has 0 fully saturated rings. The molecule has 2 heterocycles. The first kappa shape index (κ1) is 10.7. The monoisotopic (exact) mass is 217 g/mol. The van der Waals surface area contributed by atoms with Crippen molar-refractivity contribution in [3.63, 3.8) is 0 Å². The number of hydrogen-bond acceptors (Lipinski definition) is 4. The van der Waals surface area contributed by atoms with E-state index in [1.165, 1.54) is 0 Å². The second-order valence-corrected chi connectivity index (χ2v) is 3.56. The van der Waals surface area contributed by atoms with E-state index in [0.29, 0.717) is 5.95 Å². The Morgan fingerprint density at radius 2 is 1.88 bits per heavy atom. The van der Waals surface area contributed by atoms with Gasteiger partial charge in [0.2, 0.25) is 0 Å². The molecule has 0 atom stereocenters. The van der Waals surface area contributed by atoms with Crippen molar-refractivity contribution < 1.29 is 0 Å². The van der Waals surface area contributed by atoms with Crippen molar-refractivity contribution in [1.82, 2.24) is 24.7 Å². The fourth-order valence-electron chi connectivity index (χ4n) is 1.62. The average molecular weight is 217 g/mol. The van der Waals surface area contributed by atoms with Crippen LogP contribution in [0.25, 0.3) is 5.95 Å². The maximum Gasteiger partial charge on any atom is 0.255 e. The zero-order valence-corrected chi connectivity index (χ0v) is 9.80. The van der Waals surface area contributed by atoms with Gasteiger partial charge in [-0.25, -0.2) is 9.97 Å². The maximum absolute atomic E-state index is 4.51. The minimum atomic E-state index is 0.601. The molecule has 0 bridgehead atoms. The van der Waals surface area contributed by atoms with E-state index in [2.05, 4.69) is 34.0 Å². The number of aryl methyl sites for hydroxylation is 3. The molecule has 5 nitrogen and oxygen atoms in total. The summed E-state index contributed by atoms with van der Waals surface area (Å²) in [5, 5.41) is 8.33. The van der Waals surface area contributed by atoms with Gasteiger partial charge in [-0.05, 0) is 19.8 Å². The molecule has 0 amide bonds. The minimum Gasteiger partial charge on any atom is -0.271 e. The molecule has 0 aromatic carbocycles. The molecule has 2 rings (SSSR count). The van der Waals surface area contributed by atoms with E-state index in [-0.39, 0.29) is 0 Å². The first-order valence-electron chi connectivity index (χ1n) is 5.49. The third-order valence-electron chi connectivity index (χ3n) is 2.54. The Bertz CT molecular complexity index is 489. The van der Waals surface area contributed by atoms with Crippen molar-refractivity contribution in [2.75, 3.05) is 0 Å². The van der Waals surface area contributed by atoms with Gasteiger partial charge in [0.25, 0.3) is 5.95 Å². The molecule has 0 unspecified atom stereocenters. The highest BCUT2D eigenvalue weighted by molar-refractivity contribution is 5.18. The molecule has 0 saturated heterocycles. The molecule has 0 aliphatic heterocycles. The van der Waals surface area contributed by atoms with Crippen molar-refractivity contribution in [3.05, 3.63) is 29.6 Å². The summed E-state index contributed by atoms with van der Waals surface area (Å²) in [5.74, 6) is 1.47. The zero-order valence-electron chi connectivity index (χ0n) is 9.80. The lowest BCUT2D eigenvalue weighted by molar-refractivity contribution is 0.762. The number of imidazole rings is 1. The Morgan fingerprint density at radius 1 is 1.12 bits per heavy atom. The second kappa shape index (κ2) is 4.38. The third-order valence-corrected chi connectivity index (χ3v) is 2.54. The van der Waals surface area contributed by atoms with Crippen LogP contribution in [0, 0.1) is 6.92 Å². The fraction of sp³-hybridized carbons (Fsp3) is 0.455. The van der Waals surface area contributed by atoms with Gasteiger partial charge in [0.1, 0.15) is 5.82 Å². The van der Waals surface area contributed by atoms with E-state index in [9.17, 15) is 0 Å². The van der Waals surface area contributed by atoms with Gasteiger partial charge in [0, 0.05) is 12.4 Å². The molecule has 0 spiro atoms. The van der Waals surface area contributed by atoms with Crippen LogP contribution in [0.5, 0.6) is 0 Å². The molecular weight excluding hydrogens is 202 g/mol. The van der Waals surface area contributed by atoms with Crippen LogP contribution in [0.3, 0.4) is 0 Å². The van der Waals surface area contributed by atoms with E-state index in [1.807, 2.05) is 17.7 Å². The summed E-state index contributed by atoms with van der Waals surface area (Å²) in [6, 6.07) is 0. The molecule has 84 valence electrons. The summed E-state index contributed by atoms with van der Waals surface area (Å²) in [6.07, 6.45) is 5.32. The molecule has 2 aromatic heterocycles. The predicted octanol–water partition coefficient (Wildman–Crippen LogP) is 1.49. The largest absolute Gasteiger partial charge is 0.271 e. The summed E-state index contributed by atoms with van der Waals surface area (Å²) in [4.78, 5) is 8.66. The van der Waals surface area contributed by atoms with Gasteiger partial charge in [-0.15, -0.1) is 10.2 Å². The van der Waals surface area contributed by atoms with Crippen LogP contribution in [-0.4, -0.2) is 24.7 Å². The highest BCUT2D eigenvalue weighted by atomic mass is 15.3. The van der Waals surface area contributed by atoms with Crippen molar-refractivity contribution in [2.24, 2.45) is 0 Å². The van der Waals surface area contributed by atoms with Gasteiger partial charge in [-0.3, -0.25) is 4.57 Å². The topological polar surface area (TPSA) is 56.5 Å². The predicted molar refractivity (Wildman–Crippen MR) is 60.4 cm³/mol. The molecular formula is C11H15N5. The van der Waals surface area contributed by atoms with Crippen LogP contribution >= 0.6 is 0 Å². The summed E-state index contributed by atoms with van der Waals surface area (Å²) in [6.45, 7) is 6.06. The standard InChI is InChI=1S/C11H15N5/c1-4-9-10(5-2)14-15-11(13-9)16-7-6-12-8(16)3/h6-7H,4-5H2,1-3H3. The maximum atomic E-state index is 4.51. The SMILES string of the molecule is CCc1nnc(-n2ccnc2C)nc1CC. The van der Waals surface area contributed by atoms with Crippen molar-refractivity contribution in [1.29, 1.82) is 0 Å². The molecule has 16 heavy (non-hydrogen) atoms. The quantitative estimate of drug-likeness (QED) is 0.781. The van der Waals surface area contributed by atoms with Gasteiger partial charge < -0.3 is 0 Å². The molecule has 5 heteroatoms. The normalized spacial score (nSPS) is 10.7. The summed E-state index contributed by atoms with van der Waals surface area (Å²) in [7, 11) is 0. The number of aromatic nitrogens is 5. The lowest BCUT2D eigenvalue weighted by atomic mass is 10.2. The van der Waals surface area contributed by atoms with Crippen molar-refractivity contribution in [2.45, 2.75) is 33.6 Å². The Balaban J connectivity index is 2.48. The van der Waals surface area contributed by atoms with E-state index < -0.39 is 0 Å². The molecule has 0 aliphatic carbocycles. The molecule has 0 aliphatic rings. The second-order valence-electron chi connectivity index (χ2n) is 3.56. The van der Waals surface area contributed by atoms with Crippen LogP contribution in [0.2, 0.25) is 0 Å².